The molecule has 0 saturated carbocycles. The van der Waals surface area contributed by atoms with Crippen molar-refractivity contribution in [2.24, 2.45) is 0 Å². The molecular formula is C29H26ClN5O3. The molecule has 1 fully saturated rings. The lowest BCUT2D eigenvalue weighted by atomic mass is 10.1. The molecule has 2 aromatic carbocycles. The van der Waals surface area contributed by atoms with Crippen LogP contribution in [0, 0.1) is 6.57 Å². The molecule has 9 heteroatoms. The van der Waals surface area contributed by atoms with E-state index in [1.54, 1.807) is 31.6 Å². The smallest absolute Gasteiger partial charge is 0.228 e. The minimum Gasteiger partial charge on any atom is -0.493 e. The number of methoxy groups -OCH3 is 1. The average molecular weight is 528 g/mol. The number of fused-ring (bicyclic) bond motifs is 1. The summed E-state index contributed by atoms with van der Waals surface area (Å²) in [5.41, 5.74) is 4.00. The molecule has 5 rings (SSSR count). The Bertz CT molecular complexity index is 1540. The summed E-state index contributed by atoms with van der Waals surface area (Å²) in [6.45, 7) is 17.3. The molecule has 1 saturated heterocycles. The van der Waals surface area contributed by atoms with E-state index in [0.29, 0.717) is 44.7 Å². The van der Waals surface area contributed by atoms with Gasteiger partial charge < -0.3 is 24.1 Å². The number of oxazole rings is 1. The van der Waals surface area contributed by atoms with Crippen LogP contribution in [0.3, 0.4) is 0 Å². The maximum Gasteiger partial charge on any atom is 0.228 e. The lowest BCUT2D eigenvalue weighted by Crippen LogP contribution is -2.37. The van der Waals surface area contributed by atoms with E-state index in [0.717, 1.165) is 42.7 Å². The second kappa shape index (κ2) is 10.9. The van der Waals surface area contributed by atoms with Gasteiger partial charge in [-0.25, -0.2) is 9.83 Å². The van der Waals surface area contributed by atoms with Crippen LogP contribution in [0.15, 0.2) is 78.5 Å². The molecule has 0 aliphatic carbocycles. The maximum absolute atomic E-state index is 7.75. The van der Waals surface area contributed by atoms with Crippen LogP contribution in [-0.2, 0) is 0 Å². The van der Waals surface area contributed by atoms with Gasteiger partial charge in [-0.2, -0.15) is 0 Å². The molecule has 192 valence electrons. The van der Waals surface area contributed by atoms with Crippen LogP contribution < -0.4 is 14.8 Å². The van der Waals surface area contributed by atoms with Gasteiger partial charge in [0, 0.05) is 60.5 Å². The summed E-state index contributed by atoms with van der Waals surface area (Å²) in [7, 11) is 1.61. The number of likely N-dealkylation sites (tertiary alicyclic amines) is 1. The molecular weight excluding hydrogens is 502 g/mol. The summed E-state index contributed by atoms with van der Waals surface area (Å²) >= 11 is 6.41. The zero-order valence-corrected chi connectivity index (χ0v) is 21.7. The first-order chi connectivity index (χ1) is 18.5. The number of aromatic nitrogens is 2. The van der Waals surface area contributed by atoms with E-state index in [9.17, 15) is 0 Å². The molecule has 38 heavy (non-hydrogen) atoms. The highest BCUT2D eigenvalue weighted by Gasteiger charge is 2.23. The quantitative estimate of drug-likeness (QED) is 0.189. The molecule has 0 unspecified atom stereocenters. The first-order valence-corrected chi connectivity index (χ1v) is 12.4. The van der Waals surface area contributed by atoms with Crippen LogP contribution >= 0.6 is 11.6 Å². The SMILES string of the molecule is [C-]#[N+]c1cnc2cc(OC)c(OC3CCN(C(=C)C=C)CC3)cc2c1Nc1ccc(Cl)c(-c2cnco2)c1. The van der Waals surface area contributed by atoms with Crippen LogP contribution in [0.25, 0.3) is 27.1 Å². The lowest BCUT2D eigenvalue weighted by Gasteiger charge is -2.34. The first kappa shape index (κ1) is 25.2. The van der Waals surface area contributed by atoms with Crippen molar-refractivity contribution in [3.63, 3.8) is 0 Å². The Morgan fingerprint density at radius 3 is 2.74 bits per heavy atom. The Hall–Kier alpha value is -4.48. The van der Waals surface area contributed by atoms with Crippen molar-refractivity contribution >= 4 is 39.6 Å². The molecule has 0 radical (unpaired) electrons. The van der Waals surface area contributed by atoms with Gasteiger partial charge in [-0.05, 0) is 30.3 Å². The molecule has 0 bridgehead atoms. The van der Waals surface area contributed by atoms with Crippen LogP contribution in [0.2, 0.25) is 5.02 Å². The van der Waals surface area contributed by atoms with Gasteiger partial charge >= 0.3 is 0 Å². The number of piperidine rings is 1. The zero-order valence-electron chi connectivity index (χ0n) is 20.9. The number of nitrogens with one attached hydrogen (secondary N) is 1. The summed E-state index contributed by atoms with van der Waals surface area (Å²) < 4.78 is 17.5. The van der Waals surface area contributed by atoms with E-state index in [-0.39, 0.29) is 6.10 Å². The van der Waals surface area contributed by atoms with Crippen molar-refractivity contribution in [3.05, 3.63) is 90.5 Å². The van der Waals surface area contributed by atoms with Crippen LogP contribution in [0.4, 0.5) is 17.1 Å². The number of pyridine rings is 1. The summed E-state index contributed by atoms with van der Waals surface area (Å²) in [6, 6.07) is 9.19. The number of nitrogens with zero attached hydrogens (tertiary/aromatic N) is 4. The fourth-order valence-electron chi connectivity index (χ4n) is 4.51. The Morgan fingerprint density at radius 2 is 2.05 bits per heavy atom. The number of rotatable bonds is 8. The number of halogens is 1. The molecule has 1 aliphatic rings. The van der Waals surface area contributed by atoms with E-state index in [1.807, 2.05) is 24.3 Å². The number of hydrogen-bond donors (Lipinski definition) is 1. The van der Waals surface area contributed by atoms with Gasteiger partial charge in [0.05, 0.1) is 36.1 Å². The second-order valence-corrected chi connectivity index (χ2v) is 9.24. The minimum absolute atomic E-state index is 0.0179. The predicted molar refractivity (Wildman–Crippen MR) is 149 cm³/mol. The minimum atomic E-state index is 0.0179. The van der Waals surface area contributed by atoms with E-state index in [2.05, 4.69) is 38.2 Å². The number of benzene rings is 2. The molecule has 1 aliphatic heterocycles. The standard InChI is InChI=1S/C29H26ClN5O3/c1-5-18(2)35-10-8-20(9-11-35)38-27-13-22-24(14-26(27)36-4)33-15-25(31-3)29(22)34-19-6-7-23(30)21(12-19)28-16-32-17-37-28/h5-7,12-17,20H,1-2,8-11H2,4H3,(H,33,34). The van der Waals surface area contributed by atoms with Crippen molar-refractivity contribution in [2.45, 2.75) is 18.9 Å². The summed E-state index contributed by atoms with van der Waals surface area (Å²) in [6.07, 6.45) is 7.98. The van der Waals surface area contributed by atoms with Crippen molar-refractivity contribution in [1.82, 2.24) is 14.9 Å². The molecule has 8 nitrogen and oxygen atoms in total. The molecule has 0 spiro atoms. The Kier molecular flexibility index (Phi) is 7.20. The molecule has 3 heterocycles. The van der Waals surface area contributed by atoms with E-state index >= 15 is 0 Å². The van der Waals surface area contributed by atoms with Gasteiger partial charge in [-0.3, -0.25) is 4.98 Å². The molecule has 2 aromatic heterocycles. The van der Waals surface area contributed by atoms with Crippen LogP contribution in [-0.4, -0.2) is 41.2 Å². The summed E-state index contributed by atoms with van der Waals surface area (Å²) in [5.74, 6) is 1.74. The topological polar surface area (TPSA) is 77.0 Å². The monoisotopic (exact) mass is 527 g/mol. The highest BCUT2D eigenvalue weighted by atomic mass is 35.5. The van der Waals surface area contributed by atoms with Gasteiger partial charge in [0.2, 0.25) is 5.69 Å². The second-order valence-electron chi connectivity index (χ2n) is 8.84. The Balaban J connectivity index is 1.49. The van der Waals surface area contributed by atoms with Gasteiger partial charge in [-0.15, -0.1) is 0 Å². The molecule has 4 aromatic rings. The van der Waals surface area contributed by atoms with E-state index in [4.69, 9.17) is 32.1 Å². The molecule has 0 amide bonds. The number of ether oxygens (including phenoxy) is 2. The third kappa shape index (κ3) is 5.01. The Labute approximate surface area is 226 Å². The largest absolute Gasteiger partial charge is 0.493 e. The molecule has 1 N–H and O–H groups in total. The first-order valence-electron chi connectivity index (χ1n) is 12.1. The molecule has 0 atom stereocenters. The highest BCUT2D eigenvalue weighted by Crippen LogP contribution is 2.41. The fourth-order valence-corrected chi connectivity index (χ4v) is 4.72. The van der Waals surface area contributed by atoms with Crippen molar-refractivity contribution in [1.29, 1.82) is 0 Å². The van der Waals surface area contributed by atoms with Crippen molar-refractivity contribution < 1.29 is 13.9 Å². The predicted octanol–water partition coefficient (Wildman–Crippen LogP) is 7.39. The third-order valence-electron chi connectivity index (χ3n) is 6.56. The zero-order chi connectivity index (χ0) is 26.6. The fraction of sp³-hybridized carbons (Fsp3) is 0.207. The van der Waals surface area contributed by atoms with Gasteiger partial charge in [-0.1, -0.05) is 24.8 Å². The van der Waals surface area contributed by atoms with Crippen molar-refractivity contribution in [2.75, 3.05) is 25.5 Å². The number of allylic oxidation sites excluding steroid dienone is 1. The van der Waals surface area contributed by atoms with Gasteiger partial charge in [0.1, 0.15) is 6.10 Å². The summed E-state index contributed by atoms with van der Waals surface area (Å²) in [4.78, 5) is 14.4. The maximum atomic E-state index is 7.75. The van der Waals surface area contributed by atoms with E-state index in [1.165, 1.54) is 6.39 Å². The third-order valence-corrected chi connectivity index (χ3v) is 6.89. The van der Waals surface area contributed by atoms with Gasteiger partial charge in [0.25, 0.3) is 0 Å². The summed E-state index contributed by atoms with van der Waals surface area (Å²) in [5, 5.41) is 4.66. The lowest BCUT2D eigenvalue weighted by molar-refractivity contribution is 0.116. The van der Waals surface area contributed by atoms with Gasteiger partial charge in [0.15, 0.2) is 23.7 Å². The normalized spacial score (nSPS) is 13.7. The highest BCUT2D eigenvalue weighted by molar-refractivity contribution is 6.33. The van der Waals surface area contributed by atoms with Crippen LogP contribution in [0.5, 0.6) is 11.5 Å². The van der Waals surface area contributed by atoms with E-state index < -0.39 is 0 Å². The number of hydrogen-bond acceptors (Lipinski definition) is 7. The average Bonchev–Trinajstić information content (AvgIpc) is 3.49. The number of anilines is 2. The van der Waals surface area contributed by atoms with Crippen molar-refractivity contribution in [3.8, 4) is 22.8 Å². The van der Waals surface area contributed by atoms with Crippen LogP contribution in [0.1, 0.15) is 12.8 Å². The Morgan fingerprint density at radius 1 is 1.24 bits per heavy atom.